The van der Waals surface area contributed by atoms with Crippen LogP contribution in [0.3, 0.4) is 0 Å². The third-order valence-electron chi connectivity index (χ3n) is 9.47. The molecule has 0 saturated carbocycles. The normalized spacial score (nSPS) is 11.8. The van der Waals surface area contributed by atoms with Crippen molar-refractivity contribution in [3.05, 3.63) is 164 Å². The maximum atomic E-state index is 4.78. The first-order valence-corrected chi connectivity index (χ1v) is 17.0. The molecule has 1 aliphatic heterocycles. The molecule has 0 radical (unpaired) electrons. The SMILES string of the molecule is c1cc2ccc(-c3ccccc3-n3c4ccc(-c5cnc6ccccc6c5)cc4c4cc(-c5cnc6ccccc6c5)ccc43)sc-2c1. The van der Waals surface area contributed by atoms with E-state index in [1.54, 1.807) is 0 Å². The van der Waals surface area contributed by atoms with E-state index >= 15 is 0 Å². The van der Waals surface area contributed by atoms with Gasteiger partial charge in [-0.3, -0.25) is 9.97 Å². The summed E-state index contributed by atoms with van der Waals surface area (Å²) in [7, 11) is 0. The molecule has 2 aliphatic rings. The van der Waals surface area contributed by atoms with Gasteiger partial charge in [-0.15, -0.1) is 11.3 Å². The van der Waals surface area contributed by atoms with Crippen LogP contribution >= 0.6 is 11.3 Å². The molecule has 1 aliphatic carbocycles. The molecule has 0 unspecified atom stereocenters. The zero-order chi connectivity index (χ0) is 31.6. The summed E-state index contributed by atoms with van der Waals surface area (Å²) in [4.78, 5) is 12.1. The topological polar surface area (TPSA) is 30.7 Å². The number of benzene rings is 5. The number of rotatable bonds is 4. The average molecular weight is 630 g/mol. The summed E-state index contributed by atoms with van der Waals surface area (Å²) in [5.74, 6) is 0. The fourth-order valence-electron chi connectivity index (χ4n) is 7.09. The Hall–Kier alpha value is -6.10. The average Bonchev–Trinajstić information content (AvgIpc) is 3.76. The van der Waals surface area contributed by atoms with Gasteiger partial charge >= 0.3 is 0 Å². The van der Waals surface area contributed by atoms with Crippen molar-refractivity contribution in [2.24, 2.45) is 0 Å². The van der Waals surface area contributed by atoms with E-state index in [0.717, 1.165) is 44.1 Å². The molecule has 4 heteroatoms. The van der Waals surface area contributed by atoms with Crippen molar-refractivity contribution < 1.29 is 0 Å². The largest absolute Gasteiger partial charge is 0.309 e. The molecule has 10 rings (SSSR count). The van der Waals surface area contributed by atoms with Crippen molar-refractivity contribution in [3.63, 3.8) is 0 Å². The highest BCUT2D eigenvalue weighted by Gasteiger charge is 2.18. The number of pyridine rings is 2. The Morgan fingerprint density at radius 1 is 0.417 bits per heavy atom. The number of para-hydroxylation sites is 3. The molecule has 0 bridgehead atoms. The van der Waals surface area contributed by atoms with Gasteiger partial charge < -0.3 is 4.57 Å². The zero-order valence-electron chi connectivity index (χ0n) is 25.8. The summed E-state index contributed by atoms with van der Waals surface area (Å²) in [6.07, 6.45) is 3.98. The molecule has 8 aromatic rings. The Bertz CT molecular complexity index is 2670. The number of aromatic nitrogens is 3. The Morgan fingerprint density at radius 2 is 1.00 bits per heavy atom. The van der Waals surface area contributed by atoms with Crippen LogP contribution in [-0.4, -0.2) is 14.5 Å². The lowest BCUT2D eigenvalue weighted by Crippen LogP contribution is -1.97. The second kappa shape index (κ2) is 10.7. The van der Waals surface area contributed by atoms with Crippen LogP contribution in [0, 0.1) is 0 Å². The highest BCUT2D eigenvalue weighted by molar-refractivity contribution is 7.18. The van der Waals surface area contributed by atoms with Crippen LogP contribution in [0.1, 0.15) is 0 Å². The van der Waals surface area contributed by atoms with E-state index in [2.05, 4.69) is 144 Å². The maximum Gasteiger partial charge on any atom is 0.0702 e. The molecule has 3 aromatic heterocycles. The summed E-state index contributed by atoms with van der Waals surface area (Å²) in [6.45, 7) is 0. The quantitative estimate of drug-likeness (QED) is 0.194. The van der Waals surface area contributed by atoms with E-state index in [1.165, 1.54) is 48.4 Å². The highest BCUT2D eigenvalue weighted by Crippen LogP contribution is 2.42. The van der Waals surface area contributed by atoms with Gasteiger partial charge in [-0.2, -0.15) is 0 Å². The van der Waals surface area contributed by atoms with Crippen LogP contribution in [0.25, 0.3) is 92.4 Å². The molecule has 0 N–H and O–H groups in total. The molecule has 48 heavy (non-hydrogen) atoms. The summed E-state index contributed by atoms with van der Waals surface area (Å²) in [5.41, 5.74) is 12.5. The molecular weight excluding hydrogens is 603 g/mol. The van der Waals surface area contributed by atoms with Gasteiger partial charge in [-0.25, -0.2) is 0 Å². The fraction of sp³-hybridized carbons (Fsp3) is 0. The minimum atomic E-state index is 1.00. The van der Waals surface area contributed by atoms with Crippen LogP contribution < -0.4 is 0 Å². The third-order valence-corrected chi connectivity index (χ3v) is 10.6. The van der Waals surface area contributed by atoms with Crippen LogP contribution in [0.2, 0.25) is 0 Å². The Labute approximate surface area is 281 Å². The van der Waals surface area contributed by atoms with Gasteiger partial charge in [0.2, 0.25) is 0 Å². The van der Waals surface area contributed by atoms with E-state index in [0.29, 0.717) is 0 Å². The monoisotopic (exact) mass is 629 g/mol. The van der Waals surface area contributed by atoms with E-state index in [9.17, 15) is 0 Å². The predicted molar refractivity (Wildman–Crippen MR) is 202 cm³/mol. The Kier molecular flexibility index (Phi) is 6.05. The lowest BCUT2D eigenvalue weighted by molar-refractivity contribution is 1.18. The highest BCUT2D eigenvalue weighted by atomic mass is 32.1. The van der Waals surface area contributed by atoms with Crippen molar-refractivity contribution >= 4 is 54.9 Å². The zero-order valence-corrected chi connectivity index (χ0v) is 26.7. The van der Waals surface area contributed by atoms with Crippen LogP contribution in [0.15, 0.2) is 164 Å². The molecule has 0 atom stereocenters. The summed E-state index contributed by atoms with van der Waals surface area (Å²) in [5, 5.41) is 4.69. The first-order chi connectivity index (χ1) is 23.8. The lowest BCUT2D eigenvalue weighted by atomic mass is 10.0. The summed E-state index contributed by atoms with van der Waals surface area (Å²) >= 11 is 1.84. The van der Waals surface area contributed by atoms with Gasteiger partial charge in [-0.05, 0) is 83.4 Å². The summed E-state index contributed by atoms with van der Waals surface area (Å²) in [6, 6.07) is 54.6. The van der Waals surface area contributed by atoms with E-state index in [4.69, 9.17) is 9.97 Å². The molecule has 0 amide bonds. The molecular formula is C44H27N3S. The maximum absolute atomic E-state index is 4.78. The number of fused-ring (bicyclic) bond motifs is 6. The standard InChI is InChI=1S/C44H27N3S/c1-4-12-38-31(8-1)22-33(26-45-38)29-16-19-41-36(24-29)37-25-30(34-23-32-9-2-5-13-39(32)46-27-34)17-20-42(37)47(41)40-14-6-3-11-35(40)44-21-18-28-10-7-15-43(28)48-44/h1-27H. The van der Waals surface area contributed by atoms with Gasteiger partial charge in [-0.1, -0.05) is 84.9 Å². The van der Waals surface area contributed by atoms with Gasteiger partial charge in [0.15, 0.2) is 0 Å². The molecule has 0 fully saturated rings. The second-order valence-electron chi connectivity index (χ2n) is 12.3. The second-order valence-corrected chi connectivity index (χ2v) is 13.4. The lowest BCUT2D eigenvalue weighted by Gasteiger charge is -2.15. The minimum absolute atomic E-state index is 1.00. The van der Waals surface area contributed by atoms with Crippen LogP contribution in [0.4, 0.5) is 0 Å². The Morgan fingerprint density at radius 3 is 1.67 bits per heavy atom. The minimum Gasteiger partial charge on any atom is -0.309 e. The van der Waals surface area contributed by atoms with Gasteiger partial charge in [0.05, 0.1) is 27.8 Å². The fourth-order valence-corrected chi connectivity index (χ4v) is 8.14. The van der Waals surface area contributed by atoms with E-state index < -0.39 is 0 Å². The van der Waals surface area contributed by atoms with Crippen molar-refractivity contribution in [3.8, 4) is 48.8 Å². The molecule has 0 spiro atoms. The van der Waals surface area contributed by atoms with E-state index in [-0.39, 0.29) is 0 Å². The van der Waals surface area contributed by atoms with Gasteiger partial charge in [0.25, 0.3) is 0 Å². The van der Waals surface area contributed by atoms with Gasteiger partial charge in [0, 0.05) is 60.4 Å². The number of hydrogen-bond donors (Lipinski definition) is 0. The first-order valence-electron chi connectivity index (χ1n) is 16.1. The smallest absolute Gasteiger partial charge is 0.0702 e. The molecule has 0 saturated heterocycles. The Balaban J connectivity index is 1.23. The first kappa shape index (κ1) is 27.1. The van der Waals surface area contributed by atoms with Crippen LogP contribution in [-0.2, 0) is 0 Å². The van der Waals surface area contributed by atoms with Crippen molar-refractivity contribution in [2.75, 3.05) is 0 Å². The van der Waals surface area contributed by atoms with Crippen molar-refractivity contribution in [2.45, 2.75) is 0 Å². The third kappa shape index (κ3) is 4.34. The number of hydrogen-bond acceptors (Lipinski definition) is 3. The number of nitrogens with zero attached hydrogens (tertiary/aromatic N) is 3. The molecule has 224 valence electrons. The molecule has 4 heterocycles. The molecule has 5 aromatic carbocycles. The summed E-state index contributed by atoms with van der Waals surface area (Å²) < 4.78 is 2.44. The predicted octanol–water partition coefficient (Wildman–Crippen LogP) is 12.0. The van der Waals surface area contributed by atoms with Crippen molar-refractivity contribution in [1.82, 2.24) is 14.5 Å². The molecule has 3 nitrogen and oxygen atoms in total. The van der Waals surface area contributed by atoms with Crippen molar-refractivity contribution in [1.29, 1.82) is 0 Å². The van der Waals surface area contributed by atoms with E-state index in [1.807, 2.05) is 35.9 Å². The van der Waals surface area contributed by atoms with Crippen LogP contribution in [0.5, 0.6) is 0 Å². The van der Waals surface area contributed by atoms with Gasteiger partial charge in [0.1, 0.15) is 0 Å².